The minimum Gasteiger partial charge on any atom is -0.343 e. The van der Waals surface area contributed by atoms with Gasteiger partial charge in [0.25, 0.3) is 5.91 Å². The lowest BCUT2D eigenvalue weighted by Crippen LogP contribution is -2.24. The summed E-state index contributed by atoms with van der Waals surface area (Å²) >= 11 is 0. The van der Waals surface area contributed by atoms with Gasteiger partial charge in [0.05, 0.1) is 6.54 Å². The zero-order chi connectivity index (χ0) is 16.2. The van der Waals surface area contributed by atoms with Crippen LogP contribution in [0.2, 0.25) is 0 Å². The zero-order valence-electron chi connectivity index (χ0n) is 12.9. The molecule has 0 atom stereocenters. The monoisotopic (exact) mass is 308 g/mol. The van der Waals surface area contributed by atoms with E-state index < -0.39 is 0 Å². The van der Waals surface area contributed by atoms with E-state index in [0.717, 1.165) is 16.7 Å². The summed E-state index contributed by atoms with van der Waals surface area (Å²) in [6.07, 6.45) is 3.32. The van der Waals surface area contributed by atoms with Crippen LogP contribution < -0.4 is 5.32 Å². The lowest BCUT2D eigenvalue weighted by molar-refractivity contribution is 0.0945. The van der Waals surface area contributed by atoms with Gasteiger partial charge in [-0.2, -0.15) is 4.98 Å². The minimum absolute atomic E-state index is 0.158. The van der Waals surface area contributed by atoms with Crippen molar-refractivity contribution in [2.24, 2.45) is 0 Å². The first kappa shape index (κ1) is 14.9. The van der Waals surface area contributed by atoms with Crippen molar-refractivity contribution in [2.45, 2.75) is 20.4 Å². The summed E-state index contributed by atoms with van der Waals surface area (Å²) in [7, 11) is 0. The Hall–Kier alpha value is -3.02. The molecule has 1 aromatic carbocycles. The second-order valence-corrected chi connectivity index (χ2v) is 5.18. The SMILES string of the molecule is Cc1cccc(C(=O)NCc2nc(-c3ccncc3)no2)c1C. The van der Waals surface area contributed by atoms with E-state index in [9.17, 15) is 4.79 Å². The Balaban J connectivity index is 1.68. The first-order chi connectivity index (χ1) is 11.1. The predicted octanol–water partition coefficient (Wildman–Crippen LogP) is 2.68. The van der Waals surface area contributed by atoms with E-state index in [1.54, 1.807) is 30.6 Å². The Morgan fingerprint density at radius 1 is 1.17 bits per heavy atom. The molecule has 0 fully saturated rings. The summed E-state index contributed by atoms with van der Waals surface area (Å²) in [4.78, 5) is 20.5. The Morgan fingerprint density at radius 2 is 1.96 bits per heavy atom. The highest BCUT2D eigenvalue weighted by Gasteiger charge is 2.13. The van der Waals surface area contributed by atoms with Crippen molar-refractivity contribution in [2.75, 3.05) is 0 Å². The molecular weight excluding hydrogens is 292 g/mol. The third-order valence-corrected chi connectivity index (χ3v) is 3.66. The molecule has 6 nitrogen and oxygen atoms in total. The summed E-state index contributed by atoms with van der Waals surface area (Å²) in [5.74, 6) is 0.675. The lowest BCUT2D eigenvalue weighted by atomic mass is 10.0. The molecule has 0 aliphatic heterocycles. The van der Waals surface area contributed by atoms with Crippen molar-refractivity contribution in [3.63, 3.8) is 0 Å². The number of amides is 1. The van der Waals surface area contributed by atoms with Gasteiger partial charge in [-0.3, -0.25) is 9.78 Å². The van der Waals surface area contributed by atoms with E-state index in [2.05, 4.69) is 20.4 Å². The number of aryl methyl sites for hydroxylation is 1. The molecule has 0 radical (unpaired) electrons. The number of pyridine rings is 1. The minimum atomic E-state index is -0.158. The Kier molecular flexibility index (Phi) is 4.14. The predicted molar refractivity (Wildman–Crippen MR) is 84.6 cm³/mol. The van der Waals surface area contributed by atoms with Gasteiger partial charge in [0.1, 0.15) is 0 Å². The number of nitrogens with one attached hydrogen (secondary N) is 1. The zero-order valence-corrected chi connectivity index (χ0v) is 12.9. The highest BCUT2D eigenvalue weighted by molar-refractivity contribution is 5.95. The maximum atomic E-state index is 12.3. The number of benzene rings is 1. The molecule has 0 spiro atoms. The molecule has 116 valence electrons. The highest BCUT2D eigenvalue weighted by Crippen LogP contribution is 2.15. The second-order valence-electron chi connectivity index (χ2n) is 5.18. The van der Waals surface area contributed by atoms with Crippen LogP contribution in [0.15, 0.2) is 47.2 Å². The number of aromatic nitrogens is 3. The van der Waals surface area contributed by atoms with Gasteiger partial charge in [0.15, 0.2) is 0 Å². The summed E-state index contributed by atoms with van der Waals surface area (Å²) in [6, 6.07) is 9.23. The van der Waals surface area contributed by atoms with Crippen LogP contribution in [0, 0.1) is 13.8 Å². The molecule has 0 unspecified atom stereocenters. The molecule has 3 rings (SSSR count). The van der Waals surface area contributed by atoms with Gasteiger partial charge in [-0.05, 0) is 43.2 Å². The van der Waals surface area contributed by atoms with Gasteiger partial charge in [0, 0.05) is 23.5 Å². The molecule has 3 aromatic rings. The molecule has 1 amide bonds. The molecule has 0 aliphatic carbocycles. The van der Waals surface area contributed by atoms with Crippen LogP contribution in [0.1, 0.15) is 27.4 Å². The first-order valence-corrected chi connectivity index (χ1v) is 7.22. The third kappa shape index (κ3) is 3.26. The molecule has 0 bridgehead atoms. The fraction of sp³-hybridized carbons (Fsp3) is 0.176. The molecular formula is C17H16N4O2. The number of nitrogens with zero attached hydrogens (tertiary/aromatic N) is 3. The number of rotatable bonds is 4. The first-order valence-electron chi connectivity index (χ1n) is 7.22. The fourth-order valence-corrected chi connectivity index (χ4v) is 2.19. The quantitative estimate of drug-likeness (QED) is 0.801. The van der Waals surface area contributed by atoms with E-state index in [-0.39, 0.29) is 12.5 Å². The smallest absolute Gasteiger partial charge is 0.251 e. The molecule has 2 heterocycles. The topological polar surface area (TPSA) is 80.9 Å². The Bertz CT molecular complexity index is 828. The van der Waals surface area contributed by atoms with Crippen LogP contribution in [0.5, 0.6) is 0 Å². The van der Waals surface area contributed by atoms with E-state index in [4.69, 9.17) is 4.52 Å². The summed E-state index contributed by atoms with van der Waals surface area (Å²) in [6.45, 7) is 4.09. The van der Waals surface area contributed by atoms with Crippen molar-refractivity contribution in [1.82, 2.24) is 20.4 Å². The van der Waals surface area contributed by atoms with E-state index in [1.165, 1.54) is 0 Å². The van der Waals surface area contributed by atoms with Crippen LogP contribution in [0.25, 0.3) is 11.4 Å². The van der Waals surface area contributed by atoms with Gasteiger partial charge in [-0.1, -0.05) is 17.3 Å². The van der Waals surface area contributed by atoms with Gasteiger partial charge in [-0.25, -0.2) is 0 Å². The van der Waals surface area contributed by atoms with Gasteiger partial charge < -0.3 is 9.84 Å². The third-order valence-electron chi connectivity index (χ3n) is 3.66. The highest BCUT2D eigenvalue weighted by atomic mass is 16.5. The largest absolute Gasteiger partial charge is 0.343 e. The molecule has 23 heavy (non-hydrogen) atoms. The van der Waals surface area contributed by atoms with E-state index >= 15 is 0 Å². The summed E-state index contributed by atoms with van der Waals surface area (Å²) < 4.78 is 5.16. The van der Waals surface area contributed by atoms with Crippen molar-refractivity contribution < 1.29 is 9.32 Å². The molecule has 0 saturated carbocycles. The van der Waals surface area contributed by atoms with Crippen molar-refractivity contribution >= 4 is 5.91 Å². The average Bonchev–Trinajstić information content (AvgIpc) is 3.05. The number of hydrogen-bond donors (Lipinski definition) is 1. The molecule has 6 heteroatoms. The van der Waals surface area contributed by atoms with Gasteiger partial charge in [-0.15, -0.1) is 0 Å². The lowest BCUT2D eigenvalue weighted by Gasteiger charge is -2.07. The molecule has 1 N–H and O–H groups in total. The van der Waals surface area contributed by atoms with Crippen molar-refractivity contribution in [3.05, 3.63) is 65.3 Å². The molecule has 0 aliphatic rings. The fourth-order valence-electron chi connectivity index (χ4n) is 2.19. The Labute approximate surface area is 133 Å². The second kappa shape index (κ2) is 6.39. The maximum Gasteiger partial charge on any atom is 0.251 e. The molecule has 0 saturated heterocycles. The number of carbonyl (C=O) groups excluding carboxylic acids is 1. The average molecular weight is 308 g/mol. The summed E-state index contributed by atoms with van der Waals surface area (Å²) in [5.41, 5.74) is 3.51. The molecule has 2 aromatic heterocycles. The van der Waals surface area contributed by atoms with Crippen molar-refractivity contribution in [1.29, 1.82) is 0 Å². The van der Waals surface area contributed by atoms with Crippen LogP contribution in [0.3, 0.4) is 0 Å². The van der Waals surface area contributed by atoms with E-state index in [1.807, 2.05) is 26.0 Å². The normalized spacial score (nSPS) is 10.5. The van der Waals surface area contributed by atoms with E-state index in [0.29, 0.717) is 17.3 Å². The van der Waals surface area contributed by atoms with Gasteiger partial charge in [0.2, 0.25) is 11.7 Å². The Morgan fingerprint density at radius 3 is 2.74 bits per heavy atom. The summed E-state index contributed by atoms with van der Waals surface area (Å²) in [5, 5.41) is 6.70. The maximum absolute atomic E-state index is 12.3. The number of carbonyl (C=O) groups is 1. The van der Waals surface area contributed by atoms with Crippen molar-refractivity contribution in [3.8, 4) is 11.4 Å². The van der Waals surface area contributed by atoms with Crippen LogP contribution >= 0.6 is 0 Å². The number of hydrogen-bond acceptors (Lipinski definition) is 5. The van der Waals surface area contributed by atoms with Crippen LogP contribution in [0.4, 0.5) is 0 Å². The van der Waals surface area contributed by atoms with Crippen LogP contribution in [-0.2, 0) is 6.54 Å². The standard InChI is InChI=1S/C17H16N4O2/c1-11-4-3-5-14(12(11)2)17(22)19-10-15-20-16(21-23-15)13-6-8-18-9-7-13/h3-9H,10H2,1-2H3,(H,19,22). The van der Waals surface area contributed by atoms with Gasteiger partial charge >= 0.3 is 0 Å². The van der Waals surface area contributed by atoms with Crippen LogP contribution in [-0.4, -0.2) is 21.0 Å².